The van der Waals surface area contributed by atoms with E-state index in [9.17, 15) is 19.5 Å². The maximum Gasteiger partial charge on any atom is 0.420 e. The Bertz CT molecular complexity index is 455. The number of carbonyl (C=O) groups is 3. The van der Waals surface area contributed by atoms with Crippen LogP contribution in [0.4, 0.5) is 9.59 Å². The molecule has 0 saturated heterocycles. The van der Waals surface area contributed by atoms with Crippen LogP contribution in [-0.4, -0.2) is 65.0 Å². The maximum absolute atomic E-state index is 12.4. The summed E-state index contributed by atoms with van der Waals surface area (Å²) >= 11 is 0. The minimum Gasteiger partial charge on any atom is -0.480 e. The summed E-state index contributed by atoms with van der Waals surface area (Å²) < 4.78 is 10.3. The lowest BCUT2D eigenvalue weighted by Gasteiger charge is -2.31. The van der Waals surface area contributed by atoms with Gasteiger partial charge in [-0.15, -0.1) is 0 Å². The molecule has 2 amide bonds. The third kappa shape index (κ3) is 14.2. The number of nitrogens with two attached hydrogens (primary N) is 3. The molecule has 28 heavy (non-hydrogen) atoms. The highest BCUT2D eigenvalue weighted by molar-refractivity contribution is 5.93. The number of unbranched alkanes of at least 4 members (excludes halogenated alkanes) is 1. The Kier molecular flexibility index (Phi) is 13.4. The second-order valence-electron chi connectivity index (χ2n) is 8.05. The largest absolute Gasteiger partial charge is 0.480 e. The van der Waals surface area contributed by atoms with Crippen molar-refractivity contribution >= 4 is 18.2 Å². The summed E-state index contributed by atoms with van der Waals surface area (Å²) in [4.78, 5) is 36.9. The van der Waals surface area contributed by atoms with Crippen molar-refractivity contribution < 1.29 is 29.0 Å². The minimum absolute atomic E-state index is 0.0744. The predicted molar refractivity (Wildman–Crippen MR) is 107 cm³/mol. The smallest absolute Gasteiger partial charge is 0.420 e. The van der Waals surface area contributed by atoms with Gasteiger partial charge in [0, 0.05) is 13.1 Å². The molecule has 0 aliphatic heterocycles. The van der Waals surface area contributed by atoms with E-state index < -0.39 is 35.4 Å². The maximum atomic E-state index is 12.4. The third-order valence-corrected chi connectivity index (χ3v) is 2.88. The SMILES string of the molecule is CC(C)(C)OC(=O)N(C(=O)OC(C)(C)C)C(CCCCN)C(=O)O.NCCN. The highest BCUT2D eigenvalue weighted by atomic mass is 16.6. The molecule has 166 valence electrons. The molecule has 0 fully saturated rings. The standard InChI is InChI=1S/C16H30N2O6.C2H8N2/c1-15(2,3)23-13(21)18(14(22)24-16(4,5)6)11(12(19)20)9-7-8-10-17;3-1-2-4/h11H,7-10,17H2,1-6H3,(H,19,20);1-4H2. The molecule has 10 nitrogen and oxygen atoms in total. The quantitative estimate of drug-likeness (QED) is 0.458. The lowest BCUT2D eigenvalue weighted by Crippen LogP contribution is -2.52. The van der Waals surface area contributed by atoms with E-state index >= 15 is 0 Å². The van der Waals surface area contributed by atoms with Crippen molar-refractivity contribution in [2.24, 2.45) is 17.2 Å². The molecule has 0 bridgehead atoms. The molecule has 10 heteroatoms. The molecule has 7 N–H and O–H groups in total. The Balaban J connectivity index is 0. The molecule has 0 saturated carbocycles. The molecule has 0 rings (SSSR count). The average molecular weight is 407 g/mol. The van der Waals surface area contributed by atoms with Crippen LogP contribution in [0.3, 0.4) is 0 Å². The molecule has 0 aromatic carbocycles. The van der Waals surface area contributed by atoms with Crippen LogP contribution in [0.25, 0.3) is 0 Å². The predicted octanol–water partition coefficient (Wildman–Crippen LogP) is 1.64. The zero-order valence-electron chi connectivity index (χ0n) is 18.0. The Morgan fingerprint density at radius 2 is 1.21 bits per heavy atom. The molecule has 0 spiro atoms. The molecule has 0 aromatic rings. The lowest BCUT2D eigenvalue weighted by molar-refractivity contribution is -0.143. The molecule has 0 heterocycles. The lowest BCUT2D eigenvalue weighted by atomic mass is 10.1. The first-order chi connectivity index (χ1) is 12.7. The van der Waals surface area contributed by atoms with E-state index in [1.54, 1.807) is 41.5 Å². The van der Waals surface area contributed by atoms with E-state index in [4.69, 9.17) is 26.7 Å². The van der Waals surface area contributed by atoms with Crippen molar-refractivity contribution in [1.29, 1.82) is 0 Å². The van der Waals surface area contributed by atoms with Crippen LogP contribution in [0, 0.1) is 0 Å². The summed E-state index contributed by atoms with van der Waals surface area (Å²) in [5.41, 5.74) is 13.5. The molecule has 1 unspecified atom stereocenters. The summed E-state index contributed by atoms with van der Waals surface area (Å²) in [6, 6.07) is -1.37. The fourth-order valence-electron chi connectivity index (χ4n) is 1.80. The number of rotatable bonds is 7. The van der Waals surface area contributed by atoms with E-state index in [2.05, 4.69) is 0 Å². The van der Waals surface area contributed by atoms with Gasteiger partial charge in [-0.2, -0.15) is 4.90 Å². The second kappa shape index (κ2) is 13.3. The van der Waals surface area contributed by atoms with Crippen LogP contribution in [0.15, 0.2) is 0 Å². The topological polar surface area (TPSA) is 171 Å². The van der Waals surface area contributed by atoms with Gasteiger partial charge in [-0.25, -0.2) is 14.4 Å². The van der Waals surface area contributed by atoms with Crippen molar-refractivity contribution in [3.05, 3.63) is 0 Å². The number of imide groups is 1. The third-order valence-electron chi connectivity index (χ3n) is 2.88. The van der Waals surface area contributed by atoms with Gasteiger partial charge in [0.2, 0.25) is 0 Å². The first kappa shape index (κ1) is 28.3. The van der Waals surface area contributed by atoms with E-state index in [1.165, 1.54) is 0 Å². The number of nitrogens with zero attached hydrogens (tertiary/aromatic N) is 1. The minimum atomic E-state index is -1.37. The highest BCUT2D eigenvalue weighted by Crippen LogP contribution is 2.19. The van der Waals surface area contributed by atoms with E-state index in [-0.39, 0.29) is 6.42 Å². The summed E-state index contributed by atoms with van der Waals surface area (Å²) in [6.07, 6.45) is -0.977. The van der Waals surface area contributed by atoms with Gasteiger partial charge in [0.25, 0.3) is 0 Å². The van der Waals surface area contributed by atoms with E-state index in [0.29, 0.717) is 37.4 Å². The number of aliphatic carboxylic acids is 1. The van der Waals surface area contributed by atoms with Crippen molar-refractivity contribution in [3.8, 4) is 0 Å². The zero-order chi connectivity index (χ0) is 22.5. The van der Waals surface area contributed by atoms with Crippen molar-refractivity contribution in [2.45, 2.75) is 78.0 Å². The summed E-state index contributed by atoms with van der Waals surface area (Å²) in [7, 11) is 0. The molecular weight excluding hydrogens is 368 g/mol. The Morgan fingerprint density at radius 3 is 1.46 bits per heavy atom. The Morgan fingerprint density at radius 1 is 0.821 bits per heavy atom. The molecule has 0 aliphatic rings. The Labute approximate surface area is 167 Å². The van der Waals surface area contributed by atoms with Crippen LogP contribution in [0.1, 0.15) is 60.8 Å². The van der Waals surface area contributed by atoms with Gasteiger partial charge >= 0.3 is 18.2 Å². The molecule has 0 aromatic heterocycles. The van der Waals surface area contributed by atoms with Crippen molar-refractivity contribution in [3.63, 3.8) is 0 Å². The highest BCUT2D eigenvalue weighted by Gasteiger charge is 2.39. The van der Waals surface area contributed by atoms with Crippen LogP contribution in [-0.2, 0) is 14.3 Å². The summed E-state index contributed by atoms with van der Waals surface area (Å²) in [6.45, 7) is 11.4. The second-order valence-corrected chi connectivity index (χ2v) is 8.05. The van der Waals surface area contributed by atoms with Crippen molar-refractivity contribution in [2.75, 3.05) is 19.6 Å². The van der Waals surface area contributed by atoms with E-state index in [1.807, 2.05) is 0 Å². The first-order valence-electron chi connectivity index (χ1n) is 9.28. The van der Waals surface area contributed by atoms with Gasteiger partial charge in [0.15, 0.2) is 0 Å². The van der Waals surface area contributed by atoms with Gasteiger partial charge in [-0.05, 0) is 67.3 Å². The zero-order valence-corrected chi connectivity index (χ0v) is 18.0. The summed E-state index contributed by atoms with van der Waals surface area (Å²) in [5, 5.41) is 9.45. The number of amides is 2. The summed E-state index contributed by atoms with van der Waals surface area (Å²) in [5.74, 6) is -1.30. The van der Waals surface area contributed by atoms with Crippen LogP contribution in [0.5, 0.6) is 0 Å². The number of carbonyl (C=O) groups excluding carboxylic acids is 2. The molecule has 0 aliphatic carbocycles. The normalized spacial score (nSPS) is 12.3. The van der Waals surface area contributed by atoms with Crippen molar-refractivity contribution in [1.82, 2.24) is 4.90 Å². The number of carboxylic acid groups (broad SMARTS) is 1. The fraction of sp³-hybridized carbons (Fsp3) is 0.833. The van der Waals surface area contributed by atoms with Gasteiger partial charge < -0.3 is 31.8 Å². The number of carboxylic acids is 1. The van der Waals surface area contributed by atoms with E-state index in [0.717, 1.165) is 0 Å². The molecule has 1 atom stereocenters. The Hall–Kier alpha value is -1.91. The molecular formula is C18H38N4O6. The number of hydrogen-bond donors (Lipinski definition) is 4. The first-order valence-corrected chi connectivity index (χ1v) is 9.28. The van der Waals surface area contributed by atoms with Gasteiger partial charge in [0.1, 0.15) is 17.2 Å². The number of hydrogen-bond acceptors (Lipinski definition) is 8. The molecule has 0 radical (unpaired) electrons. The van der Waals surface area contributed by atoms with Gasteiger partial charge in [-0.1, -0.05) is 0 Å². The van der Waals surface area contributed by atoms with Gasteiger partial charge in [-0.3, -0.25) is 0 Å². The fourth-order valence-corrected chi connectivity index (χ4v) is 1.80. The monoisotopic (exact) mass is 406 g/mol. The number of ether oxygens (including phenoxy) is 2. The average Bonchev–Trinajstić information content (AvgIpc) is 2.50. The van der Waals surface area contributed by atoms with Crippen LogP contribution >= 0.6 is 0 Å². The van der Waals surface area contributed by atoms with Crippen LogP contribution in [0.2, 0.25) is 0 Å². The van der Waals surface area contributed by atoms with Gasteiger partial charge in [0.05, 0.1) is 0 Å². The van der Waals surface area contributed by atoms with Crippen LogP contribution < -0.4 is 17.2 Å².